The van der Waals surface area contributed by atoms with Crippen molar-refractivity contribution in [2.75, 3.05) is 13.2 Å². The van der Waals surface area contributed by atoms with Gasteiger partial charge in [-0.05, 0) is 37.5 Å². The third kappa shape index (κ3) is 2.55. The molecular weight excluding hydrogens is 316 g/mol. The van der Waals surface area contributed by atoms with E-state index in [1.165, 1.54) is 16.2 Å². The molecular formula is C16H20N2O4S. The molecule has 1 amide bonds. The molecule has 7 heteroatoms. The van der Waals surface area contributed by atoms with Crippen LogP contribution in [0.25, 0.3) is 0 Å². The van der Waals surface area contributed by atoms with E-state index in [9.17, 15) is 14.7 Å². The van der Waals surface area contributed by atoms with Crippen LogP contribution in [0.5, 0.6) is 0 Å². The molecule has 23 heavy (non-hydrogen) atoms. The SMILES string of the molecule is O=C(O)[C@@H]1[C@@H]2CCC[C@H]2CN1C(=O)c1csc([C@H]2CCCO2)n1. The highest BCUT2D eigenvalue weighted by Crippen LogP contribution is 2.43. The molecule has 4 atom stereocenters. The fourth-order valence-electron chi connectivity index (χ4n) is 4.28. The van der Waals surface area contributed by atoms with Crippen molar-refractivity contribution in [1.29, 1.82) is 0 Å². The van der Waals surface area contributed by atoms with Crippen molar-refractivity contribution in [1.82, 2.24) is 9.88 Å². The van der Waals surface area contributed by atoms with Crippen LogP contribution < -0.4 is 0 Å². The number of hydrogen-bond donors (Lipinski definition) is 1. The van der Waals surface area contributed by atoms with Crippen molar-refractivity contribution in [3.63, 3.8) is 0 Å². The molecule has 0 bridgehead atoms. The molecule has 4 rings (SSSR count). The van der Waals surface area contributed by atoms with Crippen molar-refractivity contribution < 1.29 is 19.4 Å². The molecule has 124 valence electrons. The fraction of sp³-hybridized carbons (Fsp3) is 0.688. The Hall–Kier alpha value is -1.47. The number of aliphatic carboxylic acids is 1. The van der Waals surface area contributed by atoms with Crippen molar-refractivity contribution in [3.05, 3.63) is 16.1 Å². The van der Waals surface area contributed by atoms with E-state index in [-0.39, 0.29) is 17.9 Å². The number of carboxylic acids is 1. The number of carbonyl (C=O) groups excluding carboxylic acids is 1. The molecule has 0 aromatic carbocycles. The minimum absolute atomic E-state index is 0.00483. The van der Waals surface area contributed by atoms with Gasteiger partial charge < -0.3 is 14.7 Å². The molecule has 6 nitrogen and oxygen atoms in total. The number of nitrogens with zero attached hydrogens (tertiary/aromatic N) is 2. The topological polar surface area (TPSA) is 79.7 Å². The van der Waals surface area contributed by atoms with Crippen LogP contribution >= 0.6 is 11.3 Å². The Morgan fingerprint density at radius 3 is 2.91 bits per heavy atom. The van der Waals surface area contributed by atoms with E-state index in [0.29, 0.717) is 18.2 Å². The highest BCUT2D eigenvalue weighted by Gasteiger charge is 2.50. The average molecular weight is 336 g/mol. The van der Waals surface area contributed by atoms with Gasteiger partial charge in [-0.15, -0.1) is 11.3 Å². The number of rotatable bonds is 3. The van der Waals surface area contributed by atoms with E-state index in [2.05, 4.69) is 4.98 Å². The summed E-state index contributed by atoms with van der Waals surface area (Å²) in [5, 5.41) is 12.1. The molecule has 1 aromatic heterocycles. The smallest absolute Gasteiger partial charge is 0.326 e. The maximum atomic E-state index is 12.8. The molecule has 0 spiro atoms. The lowest BCUT2D eigenvalue weighted by atomic mass is 9.94. The largest absolute Gasteiger partial charge is 0.480 e. The second kappa shape index (κ2) is 5.87. The van der Waals surface area contributed by atoms with Crippen molar-refractivity contribution in [2.45, 2.75) is 44.2 Å². The predicted molar refractivity (Wildman–Crippen MR) is 83.3 cm³/mol. The number of ether oxygens (including phenoxy) is 1. The Kier molecular flexibility index (Phi) is 3.85. The van der Waals surface area contributed by atoms with E-state index in [4.69, 9.17) is 4.74 Å². The Labute approximate surface area is 138 Å². The summed E-state index contributed by atoms with van der Waals surface area (Å²) in [5.41, 5.74) is 0.367. The first-order valence-corrected chi connectivity index (χ1v) is 9.14. The zero-order valence-electron chi connectivity index (χ0n) is 12.8. The molecule has 1 aromatic rings. The van der Waals surface area contributed by atoms with Crippen molar-refractivity contribution >= 4 is 23.2 Å². The first-order chi connectivity index (χ1) is 11.1. The lowest BCUT2D eigenvalue weighted by Gasteiger charge is -2.23. The molecule has 0 radical (unpaired) electrons. The van der Waals surface area contributed by atoms with Gasteiger partial charge >= 0.3 is 5.97 Å². The van der Waals surface area contributed by atoms with E-state index in [0.717, 1.165) is 43.7 Å². The highest BCUT2D eigenvalue weighted by molar-refractivity contribution is 7.09. The molecule has 2 aliphatic heterocycles. The van der Waals surface area contributed by atoms with Crippen LogP contribution in [0.2, 0.25) is 0 Å². The van der Waals surface area contributed by atoms with Gasteiger partial charge in [0.2, 0.25) is 0 Å². The molecule has 0 unspecified atom stereocenters. The first kappa shape index (κ1) is 15.1. The van der Waals surface area contributed by atoms with Crippen LogP contribution in [-0.4, -0.2) is 46.1 Å². The van der Waals surface area contributed by atoms with Gasteiger partial charge in [0.1, 0.15) is 22.8 Å². The number of fused-ring (bicyclic) bond motifs is 1. The molecule has 3 fully saturated rings. The summed E-state index contributed by atoms with van der Waals surface area (Å²) in [6.07, 6.45) is 4.95. The molecule has 1 aliphatic carbocycles. The second-order valence-corrected chi connectivity index (χ2v) is 7.56. The number of aromatic nitrogens is 1. The summed E-state index contributed by atoms with van der Waals surface area (Å²) in [6, 6.07) is -0.692. The van der Waals surface area contributed by atoms with E-state index >= 15 is 0 Å². The van der Waals surface area contributed by atoms with Gasteiger partial charge in [-0.1, -0.05) is 6.42 Å². The highest BCUT2D eigenvalue weighted by atomic mass is 32.1. The van der Waals surface area contributed by atoms with Crippen LogP contribution in [0.4, 0.5) is 0 Å². The minimum Gasteiger partial charge on any atom is -0.480 e. The van der Waals surface area contributed by atoms with Gasteiger partial charge in [-0.25, -0.2) is 9.78 Å². The normalized spacial score (nSPS) is 33.1. The predicted octanol–water partition coefficient (Wildman–Crippen LogP) is 2.32. The van der Waals surface area contributed by atoms with Gasteiger partial charge in [0.25, 0.3) is 5.91 Å². The molecule has 3 heterocycles. The Bertz CT molecular complexity index is 625. The van der Waals surface area contributed by atoms with Crippen LogP contribution in [0.1, 0.15) is 53.7 Å². The van der Waals surface area contributed by atoms with Gasteiger partial charge in [0.15, 0.2) is 0 Å². The summed E-state index contributed by atoms with van der Waals surface area (Å²) < 4.78 is 5.61. The molecule has 2 saturated heterocycles. The maximum Gasteiger partial charge on any atom is 0.326 e. The number of thiazole rings is 1. The van der Waals surface area contributed by atoms with Crippen molar-refractivity contribution in [2.24, 2.45) is 11.8 Å². The van der Waals surface area contributed by atoms with Gasteiger partial charge in [0, 0.05) is 18.5 Å². The lowest BCUT2D eigenvalue weighted by Crippen LogP contribution is -2.43. The lowest BCUT2D eigenvalue weighted by molar-refractivity contribution is -0.142. The van der Waals surface area contributed by atoms with Crippen LogP contribution in [0.15, 0.2) is 5.38 Å². The number of hydrogen-bond acceptors (Lipinski definition) is 5. The summed E-state index contributed by atoms with van der Waals surface area (Å²) in [4.78, 5) is 30.4. The monoisotopic (exact) mass is 336 g/mol. The number of carbonyl (C=O) groups is 2. The van der Waals surface area contributed by atoms with Crippen molar-refractivity contribution in [3.8, 4) is 0 Å². The third-order valence-electron chi connectivity index (χ3n) is 5.35. The molecule has 1 saturated carbocycles. The van der Waals surface area contributed by atoms with Crippen LogP contribution in [-0.2, 0) is 9.53 Å². The third-order valence-corrected chi connectivity index (χ3v) is 6.29. The zero-order valence-corrected chi connectivity index (χ0v) is 13.6. The first-order valence-electron chi connectivity index (χ1n) is 8.26. The Balaban J connectivity index is 1.55. The second-order valence-electron chi connectivity index (χ2n) is 6.67. The molecule has 3 aliphatic rings. The number of amides is 1. The van der Waals surface area contributed by atoms with E-state index < -0.39 is 12.0 Å². The quantitative estimate of drug-likeness (QED) is 0.916. The fourth-order valence-corrected chi connectivity index (χ4v) is 5.16. The zero-order chi connectivity index (χ0) is 16.0. The summed E-state index contributed by atoms with van der Waals surface area (Å²) in [5.74, 6) is -0.696. The van der Waals surface area contributed by atoms with Crippen LogP contribution in [0.3, 0.4) is 0 Å². The Morgan fingerprint density at radius 2 is 2.17 bits per heavy atom. The summed E-state index contributed by atoms with van der Waals surface area (Å²) in [6.45, 7) is 1.29. The van der Waals surface area contributed by atoms with E-state index in [1.807, 2.05) is 0 Å². The minimum atomic E-state index is -0.887. The maximum absolute atomic E-state index is 12.8. The van der Waals surface area contributed by atoms with E-state index in [1.54, 1.807) is 5.38 Å². The standard InChI is InChI=1S/C16H20N2O4S/c19-15(11-8-23-14(17-11)12-5-2-6-22-12)18-7-9-3-1-4-10(9)13(18)16(20)21/h8-10,12-13H,1-7H2,(H,20,21)/t9-,10+,12+,13-/m0/s1. The van der Waals surface area contributed by atoms with Gasteiger partial charge in [-0.3, -0.25) is 4.79 Å². The van der Waals surface area contributed by atoms with Gasteiger partial charge in [-0.2, -0.15) is 0 Å². The summed E-state index contributed by atoms with van der Waals surface area (Å²) in [7, 11) is 0. The van der Waals surface area contributed by atoms with Crippen LogP contribution in [0, 0.1) is 11.8 Å². The molecule has 1 N–H and O–H groups in total. The number of carboxylic acid groups (broad SMARTS) is 1. The number of likely N-dealkylation sites (tertiary alicyclic amines) is 1. The average Bonchev–Trinajstić information content (AvgIpc) is 3.26. The Morgan fingerprint density at radius 1 is 1.30 bits per heavy atom. The summed E-state index contributed by atoms with van der Waals surface area (Å²) >= 11 is 1.43. The van der Waals surface area contributed by atoms with Gasteiger partial charge in [0.05, 0.1) is 0 Å².